The van der Waals surface area contributed by atoms with Crippen molar-refractivity contribution >= 4 is 27.3 Å². The summed E-state index contributed by atoms with van der Waals surface area (Å²) in [6.45, 7) is 1.45. The highest BCUT2D eigenvalue weighted by Gasteiger charge is 2.34. The van der Waals surface area contributed by atoms with Crippen LogP contribution in [0, 0.1) is 0 Å². The first-order valence-corrected chi connectivity index (χ1v) is 8.46. The highest BCUT2D eigenvalue weighted by molar-refractivity contribution is 7.92. The molecule has 1 N–H and O–H groups in total. The van der Waals surface area contributed by atoms with Gasteiger partial charge in [-0.3, -0.25) is 4.79 Å². The van der Waals surface area contributed by atoms with Gasteiger partial charge in [-0.25, -0.2) is 8.42 Å². The average Bonchev–Trinajstić information content (AvgIpc) is 2.32. The molecular weight excluding hydrogens is 278 g/mol. The molecule has 0 spiro atoms. The summed E-state index contributed by atoms with van der Waals surface area (Å²) in [5.41, 5.74) is 0. The predicted octanol–water partition coefficient (Wildman–Crippen LogP) is 0.715. The minimum Gasteiger partial charge on any atom is -0.380 e. The van der Waals surface area contributed by atoms with E-state index in [2.05, 4.69) is 5.32 Å². The van der Waals surface area contributed by atoms with Crippen LogP contribution in [0.2, 0.25) is 0 Å². The van der Waals surface area contributed by atoms with Gasteiger partial charge in [-0.2, -0.15) is 0 Å². The van der Waals surface area contributed by atoms with Crippen molar-refractivity contribution in [3.05, 3.63) is 0 Å². The third-order valence-corrected chi connectivity index (χ3v) is 5.19. The molecule has 1 fully saturated rings. The standard InChI is InChI=1S/C11H20ClNO4S/c12-5-8-17-7-3-6-13-11(14)10-4-1-2-9-18(10,15)16/h10H,1-9H2,(H,13,14). The van der Waals surface area contributed by atoms with E-state index < -0.39 is 15.1 Å². The van der Waals surface area contributed by atoms with Crippen molar-refractivity contribution in [1.29, 1.82) is 0 Å². The normalized spacial score (nSPS) is 22.6. The molecule has 106 valence electrons. The minimum absolute atomic E-state index is 0.129. The van der Waals surface area contributed by atoms with Gasteiger partial charge in [-0.15, -0.1) is 11.6 Å². The van der Waals surface area contributed by atoms with Crippen molar-refractivity contribution in [3.8, 4) is 0 Å². The summed E-state index contributed by atoms with van der Waals surface area (Å²) < 4.78 is 28.5. The summed E-state index contributed by atoms with van der Waals surface area (Å²) in [7, 11) is -3.23. The number of halogens is 1. The molecule has 1 aliphatic rings. The van der Waals surface area contributed by atoms with Crippen LogP contribution in [0.15, 0.2) is 0 Å². The van der Waals surface area contributed by atoms with Crippen molar-refractivity contribution in [2.24, 2.45) is 0 Å². The van der Waals surface area contributed by atoms with Crippen LogP contribution in [0.25, 0.3) is 0 Å². The molecule has 1 saturated heterocycles. The highest BCUT2D eigenvalue weighted by Crippen LogP contribution is 2.19. The second-order valence-electron chi connectivity index (χ2n) is 4.30. The van der Waals surface area contributed by atoms with Crippen LogP contribution in [-0.2, 0) is 19.4 Å². The Bertz CT molecular complexity index is 358. The lowest BCUT2D eigenvalue weighted by molar-refractivity contribution is -0.120. The van der Waals surface area contributed by atoms with E-state index in [4.69, 9.17) is 16.3 Å². The van der Waals surface area contributed by atoms with E-state index in [0.29, 0.717) is 44.9 Å². The van der Waals surface area contributed by atoms with E-state index in [9.17, 15) is 13.2 Å². The Labute approximate surface area is 113 Å². The fourth-order valence-electron chi connectivity index (χ4n) is 1.91. The Kier molecular flexibility index (Phi) is 6.96. The molecule has 0 radical (unpaired) electrons. The zero-order chi connectivity index (χ0) is 13.4. The van der Waals surface area contributed by atoms with Crippen molar-refractivity contribution in [2.75, 3.05) is 31.4 Å². The van der Waals surface area contributed by atoms with Crippen LogP contribution in [0.3, 0.4) is 0 Å². The number of nitrogens with one attached hydrogen (secondary N) is 1. The Morgan fingerprint density at radius 3 is 2.78 bits per heavy atom. The maximum absolute atomic E-state index is 11.8. The lowest BCUT2D eigenvalue weighted by atomic mass is 10.2. The van der Waals surface area contributed by atoms with Crippen molar-refractivity contribution in [1.82, 2.24) is 5.32 Å². The monoisotopic (exact) mass is 297 g/mol. The summed E-state index contributed by atoms with van der Waals surface area (Å²) in [5, 5.41) is 1.80. The number of carbonyl (C=O) groups excluding carboxylic acids is 1. The van der Waals surface area contributed by atoms with Gasteiger partial charge in [-0.05, 0) is 19.3 Å². The fraction of sp³-hybridized carbons (Fsp3) is 0.909. The average molecular weight is 298 g/mol. The van der Waals surface area contributed by atoms with Gasteiger partial charge >= 0.3 is 0 Å². The Morgan fingerprint density at radius 2 is 2.11 bits per heavy atom. The highest BCUT2D eigenvalue weighted by atomic mass is 35.5. The molecule has 0 aromatic rings. The molecule has 0 aromatic heterocycles. The van der Waals surface area contributed by atoms with E-state index in [1.54, 1.807) is 0 Å². The Morgan fingerprint density at radius 1 is 1.33 bits per heavy atom. The SMILES string of the molecule is O=C(NCCCOCCCl)C1CCCCS1(=O)=O. The van der Waals surface area contributed by atoms with Gasteiger partial charge in [-0.1, -0.05) is 6.42 Å². The van der Waals surface area contributed by atoms with Crippen molar-refractivity contribution in [2.45, 2.75) is 30.9 Å². The molecular formula is C11H20ClNO4S. The number of carbonyl (C=O) groups is 1. The summed E-state index contributed by atoms with van der Waals surface area (Å²) in [4.78, 5) is 11.8. The molecule has 1 atom stereocenters. The molecule has 0 aromatic carbocycles. The van der Waals surface area contributed by atoms with Crippen LogP contribution in [-0.4, -0.2) is 51.0 Å². The van der Waals surface area contributed by atoms with Crippen LogP contribution >= 0.6 is 11.6 Å². The second kappa shape index (κ2) is 7.96. The molecule has 1 rings (SSSR count). The predicted molar refractivity (Wildman–Crippen MR) is 70.6 cm³/mol. The maximum atomic E-state index is 11.8. The van der Waals surface area contributed by atoms with Crippen molar-refractivity contribution < 1.29 is 17.9 Å². The number of amides is 1. The maximum Gasteiger partial charge on any atom is 0.238 e. The lowest BCUT2D eigenvalue weighted by Crippen LogP contribution is -2.43. The Balaban J connectivity index is 2.24. The third kappa shape index (κ3) is 5.12. The summed E-state index contributed by atoms with van der Waals surface area (Å²) in [5.74, 6) is 0.211. The summed E-state index contributed by atoms with van der Waals surface area (Å²) in [6, 6.07) is 0. The minimum atomic E-state index is -3.23. The fourth-order valence-corrected chi connectivity index (χ4v) is 3.84. The molecule has 18 heavy (non-hydrogen) atoms. The van der Waals surface area contributed by atoms with Gasteiger partial charge in [0.2, 0.25) is 5.91 Å². The summed E-state index contributed by atoms with van der Waals surface area (Å²) in [6.07, 6.45) is 2.57. The lowest BCUT2D eigenvalue weighted by Gasteiger charge is -2.21. The number of sulfone groups is 1. The number of ether oxygens (including phenoxy) is 1. The smallest absolute Gasteiger partial charge is 0.238 e. The first-order valence-electron chi connectivity index (χ1n) is 6.21. The van der Waals surface area contributed by atoms with E-state index in [0.717, 1.165) is 6.42 Å². The van der Waals surface area contributed by atoms with Gasteiger partial charge < -0.3 is 10.1 Å². The van der Waals surface area contributed by atoms with Crippen LogP contribution in [0.1, 0.15) is 25.7 Å². The molecule has 0 aliphatic carbocycles. The zero-order valence-electron chi connectivity index (χ0n) is 10.4. The first kappa shape index (κ1) is 15.7. The Hall–Kier alpha value is -0.330. The quantitative estimate of drug-likeness (QED) is 0.555. The van der Waals surface area contributed by atoms with Gasteiger partial charge in [0.1, 0.15) is 5.25 Å². The van der Waals surface area contributed by atoms with Gasteiger partial charge in [0.25, 0.3) is 0 Å². The van der Waals surface area contributed by atoms with E-state index in [1.807, 2.05) is 0 Å². The second-order valence-corrected chi connectivity index (χ2v) is 6.98. The van der Waals surface area contributed by atoms with Crippen LogP contribution < -0.4 is 5.32 Å². The largest absolute Gasteiger partial charge is 0.380 e. The first-order chi connectivity index (χ1) is 8.58. The molecule has 1 aliphatic heterocycles. The van der Waals surface area contributed by atoms with E-state index in [1.165, 1.54) is 0 Å². The van der Waals surface area contributed by atoms with E-state index >= 15 is 0 Å². The van der Waals surface area contributed by atoms with Gasteiger partial charge in [0.05, 0.1) is 12.4 Å². The molecule has 7 heteroatoms. The van der Waals surface area contributed by atoms with Crippen LogP contribution in [0.5, 0.6) is 0 Å². The molecule has 1 amide bonds. The topological polar surface area (TPSA) is 72.5 Å². The molecule has 0 saturated carbocycles. The molecule has 5 nitrogen and oxygen atoms in total. The number of rotatable bonds is 7. The van der Waals surface area contributed by atoms with Gasteiger partial charge in [0.15, 0.2) is 9.84 Å². The third-order valence-electron chi connectivity index (χ3n) is 2.86. The zero-order valence-corrected chi connectivity index (χ0v) is 11.9. The van der Waals surface area contributed by atoms with E-state index in [-0.39, 0.29) is 11.7 Å². The number of hydrogen-bond donors (Lipinski definition) is 1. The van der Waals surface area contributed by atoms with Crippen molar-refractivity contribution in [3.63, 3.8) is 0 Å². The number of alkyl halides is 1. The molecule has 1 heterocycles. The van der Waals surface area contributed by atoms with Gasteiger partial charge in [0, 0.05) is 19.0 Å². The van der Waals surface area contributed by atoms with Crippen LogP contribution in [0.4, 0.5) is 0 Å². The molecule has 1 unspecified atom stereocenters. The molecule has 0 bridgehead atoms. The number of hydrogen-bond acceptors (Lipinski definition) is 4. The summed E-state index contributed by atoms with van der Waals surface area (Å²) >= 11 is 5.44.